The van der Waals surface area contributed by atoms with Gasteiger partial charge in [-0.25, -0.2) is 0 Å². The summed E-state index contributed by atoms with van der Waals surface area (Å²) in [6, 6.07) is 12.7. The third-order valence-corrected chi connectivity index (χ3v) is 15.2. The van der Waals surface area contributed by atoms with Crippen LogP contribution in [-0.4, -0.2) is 126 Å². The van der Waals surface area contributed by atoms with Crippen molar-refractivity contribution in [2.24, 2.45) is 9.48 Å². The molecule has 2 aromatic carbocycles. The van der Waals surface area contributed by atoms with Crippen LogP contribution in [0.5, 0.6) is 17.2 Å². The molecule has 1 saturated heterocycles. The fourth-order valence-corrected chi connectivity index (χ4v) is 7.47. The molecule has 0 aromatic heterocycles. The number of rotatable bonds is 26. The lowest BCUT2D eigenvalue weighted by Gasteiger charge is -2.43. The van der Waals surface area contributed by atoms with E-state index in [0.717, 1.165) is 33.3 Å². The van der Waals surface area contributed by atoms with E-state index >= 15 is 0 Å². The van der Waals surface area contributed by atoms with Gasteiger partial charge in [-0.15, -0.1) is 0 Å². The van der Waals surface area contributed by atoms with Gasteiger partial charge < -0.3 is 55.4 Å². The van der Waals surface area contributed by atoms with Gasteiger partial charge in [0.2, 0.25) is 12.4 Å². The number of esters is 4. The third-order valence-electron chi connectivity index (χ3n) is 9.39. The Kier molecular flexibility index (Phi) is 21.7. The summed E-state index contributed by atoms with van der Waals surface area (Å²) in [5, 5.41) is 3.39. The standard InChI is InChI=1S/C41H60N4O17SSi/c1-28(46)54-27-36-37(56-29(2)47)38(57-30(3)48)39(58-31(4)49)40(60-36)59-34-12-10-11-13-35(34)62-63(50,44-19-21-52-23-25-53-24-22-51-20-18-43-45-42)61-33-16-14-32(15-17-33)26-55-64(8,9)41(5,6)7/h10-17,36-40H,18-27H2,1-9H3/t36-,37+,38+,39-,40-,63?/m1/s1. The second-order valence-electron chi connectivity index (χ2n) is 15.6. The number of ether oxygens (including phenoxy) is 9. The molecule has 0 saturated carbocycles. The van der Waals surface area contributed by atoms with Crippen LogP contribution < -0.4 is 13.1 Å². The van der Waals surface area contributed by atoms with Crippen LogP contribution in [0.25, 0.3) is 10.4 Å². The summed E-state index contributed by atoms with van der Waals surface area (Å²) < 4.78 is 87.5. The Labute approximate surface area is 374 Å². The third kappa shape index (κ3) is 18.6. The van der Waals surface area contributed by atoms with Gasteiger partial charge in [0.25, 0.3) is 0 Å². The molecule has 1 aliphatic heterocycles. The van der Waals surface area contributed by atoms with Crippen molar-refractivity contribution in [2.75, 3.05) is 59.3 Å². The van der Waals surface area contributed by atoms with Crippen molar-refractivity contribution < 1.29 is 78.8 Å². The summed E-state index contributed by atoms with van der Waals surface area (Å²) in [6.07, 6.45) is -7.41. The first-order valence-electron chi connectivity index (χ1n) is 20.4. The molecule has 2 aromatic rings. The molecule has 0 radical (unpaired) electrons. The van der Waals surface area contributed by atoms with Gasteiger partial charge in [0.15, 0.2) is 32.0 Å². The Morgan fingerprint density at radius 1 is 0.734 bits per heavy atom. The molecule has 3 rings (SSSR count). The molecule has 21 nitrogen and oxygen atoms in total. The van der Waals surface area contributed by atoms with Crippen LogP contribution in [0.2, 0.25) is 18.1 Å². The monoisotopic (exact) mass is 940 g/mol. The minimum Gasteiger partial charge on any atom is -0.463 e. The summed E-state index contributed by atoms with van der Waals surface area (Å²) in [5.41, 5.74) is 9.18. The summed E-state index contributed by atoms with van der Waals surface area (Å²) in [7, 11) is -6.15. The minimum atomic E-state index is -4.10. The lowest BCUT2D eigenvalue weighted by molar-refractivity contribution is -0.288. The van der Waals surface area contributed by atoms with E-state index < -0.39 is 79.8 Å². The van der Waals surface area contributed by atoms with Gasteiger partial charge >= 0.3 is 34.2 Å². The zero-order valence-corrected chi connectivity index (χ0v) is 39.5. The average Bonchev–Trinajstić information content (AvgIpc) is 3.20. The number of azide groups is 1. The molecule has 0 amide bonds. The number of carbonyl (C=O) groups excluding carboxylic acids is 4. The van der Waals surface area contributed by atoms with E-state index in [1.165, 1.54) is 12.1 Å². The van der Waals surface area contributed by atoms with Gasteiger partial charge in [0, 0.05) is 39.2 Å². The van der Waals surface area contributed by atoms with E-state index in [1.807, 2.05) is 0 Å². The highest BCUT2D eigenvalue weighted by atomic mass is 32.2. The Morgan fingerprint density at radius 2 is 1.28 bits per heavy atom. The highest BCUT2D eigenvalue weighted by Crippen LogP contribution is 2.38. The Morgan fingerprint density at radius 3 is 1.84 bits per heavy atom. The van der Waals surface area contributed by atoms with E-state index in [-0.39, 0.29) is 61.8 Å². The van der Waals surface area contributed by atoms with Gasteiger partial charge in [0.1, 0.15) is 18.5 Å². The molecular weight excluding hydrogens is 881 g/mol. The maximum atomic E-state index is 14.6. The van der Waals surface area contributed by atoms with Crippen molar-refractivity contribution in [3.05, 3.63) is 64.5 Å². The van der Waals surface area contributed by atoms with Gasteiger partial charge in [-0.3, -0.25) is 19.2 Å². The Hall–Kier alpha value is -5.00. The normalized spacial score (nSPS) is 19.5. The summed E-state index contributed by atoms with van der Waals surface area (Å²) in [6.45, 7) is 16.4. The van der Waals surface area contributed by atoms with Crippen LogP contribution in [0.15, 0.2) is 58.0 Å². The molecule has 1 unspecified atom stereocenters. The summed E-state index contributed by atoms with van der Waals surface area (Å²) >= 11 is 0. The SMILES string of the molecule is CC(=O)OC[C@H]1O[C@@H](Oc2ccccc2OS(=O)(=NCCOCCOCCOCCN=[N+]=[N-])Oc2ccc(CO[Si](C)(C)C(C)(C)C)cc2)[C@H](OC(C)=O)[C@@H](OC(C)=O)[C@H]1OC(C)=O. The zero-order chi connectivity index (χ0) is 47.3. The quantitative estimate of drug-likeness (QED) is 0.0206. The summed E-state index contributed by atoms with van der Waals surface area (Å²) in [5.74, 6) is -3.29. The molecule has 0 bridgehead atoms. The fraction of sp³-hybridized carbons (Fsp3) is 0.610. The molecule has 1 heterocycles. The molecule has 1 fully saturated rings. The zero-order valence-electron chi connectivity index (χ0n) is 37.7. The second-order valence-corrected chi connectivity index (χ2v) is 21.8. The van der Waals surface area contributed by atoms with Crippen molar-refractivity contribution in [1.29, 1.82) is 0 Å². The fourth-order valence-electron chi connectivity index (χ4n) is 5.36. The van der Waals surface area contributed by atoms with Gasteiger partial charge in [-0.2, -0.15) is 8.57 Å². The van der Waals surface area contributed by atoms with E-state index in [9.17, 15) is 23.4 Å². The first-order valence-corrected chi connectivity index (χ1v) is 24.7. The van der Waals surface area contributed by atoms with Crippen LogP contribution >= 0.6 is 0 Å². The predicted molar refractivity (Wildman–Crippen MR) is 231 cm³/mol. The van der Waals surface area contributed by atoms with E-state index in [1.54, 1.807) is 36.4 Å². The van der Waals surface area contributed by atoms with Crippen LogP contribution in [0.4, 0.5) is 0 Å². The molecule has 6 atom stereocenters. The van der Waals surface area contributed by atoms with Crippen LogP contribution in [-0.2, 0) is 78.4 Å². The number of hydrogen-bond donors (Lipinski definition) is 0. The molecule has 0 spiro atoms. The number of hydrogen-bond acceptors (Lipinski definition) is 19. The maximum Gasteiger partial charge on any atom is 0.388 e. The highest BCUT2D eigenvalue weighted by Gasteiger charge is 2.53. The topological polar surface area (TPSA) is 257 Å². The molecule has 0 aliphatic carbocycles. The van der Waals surface area contributed by atoms with E-state index in [4.69, 9.17) is 61.0 Å². The molecule has 0 N–H and O–H groups in total. The summed E-state index contributed by atoms with van der Waals surface area (Å²) in [4.78, 5) is 51.4. The highest BCUT2D eigenvalue weighted by molar-refractivity contribution is 7.85. The average molecular weight is 941 g/mol. The number of benzene rings is 2. The molecule has 23 heteroatoms. The first kappa shape index (κ1) is 53.3. The molecular formula is C41H60N4O17SSi. The van der Waals surface area contributed by atoms with Crippen molar-refractivity contribution in [1.82, 2.24) is 0 Å². The predicted octanol–water partition coefficient (Wildman–Crippen LogP) is 5.79. The smallest absolute Gasteiger partial charge is 0.388 e. The van der Waals surface area contributed by atoms with Crippen LogP contribution in [0.3, 0.4) is 0 Å². The van der Waals surface area contributed by atoms with Gasteiger partial charge in [-0.1, -0.05) is 50.2 Å². The maximum absolute atomic E-state index is 14.6. The number of para-hydroxylation sites is 2. The molecule has 1 aliphatic rings. The van der Waals surface area contributed by atoms with E-state index in [0.29, 0.717) is 19.8 Å². The van der Waals surface area contributed by atoms with Crippen molar-refractivity contribution in [3.63, 3.8) is 0 Å². The second kappa shape index (κ2) is 26.1. The Balaban J connectivity index is 1.90. The first-order chi connectivity index (χ1) is 30.2. The Bertz CT molecular complexity index is 2000. The van der Waals surface area contributed by atoms with Gasteiger partial charge in [-0.05, 0) is 53.5 Å². The lowest BCUT2D eigenvalue weighted by Crippen LogP contribution is -2.63. The van der Waals surface area contributed by atoms with Crippen molar-refractivity contribution in [2.45, 2.75) is 104 Å². The van der Waals surface area contributed by atoms with Crippen LogP contribution in [0.1, 0.15) is 54.0 Å². The van der Waals surface area contributed by atoms with Crippen molar-refractivity contribution >= 4 is 42.5 Å². The largest absolute Gasteiger partial charge is 0.463 e. The molecule has 356 valence electrons. The lowest BCUT2D eigenvalue weighted by atomic mass is 9.98. The minimum absolute atomic E-state index is 0.00233. The van der Waals surface area contributed by atoms with Gasteiger partial charge in [0.05, 0.1) is 52.8 Å². The molecule has 64 heavy (non-hydrogen) atoms. The number of carbonyl (C=O) groups is 4. The van der Waals surface area contributed by atoms with E-state index in [2.05, 4.69) is 48.3 Å². The van der Waals surface area contributed by atoms with Crippen LogP contribution in [0, 0.1) is 0 Å². The number of nitrogens with zero attached hydrogens (tertiary/aromatic N) is 4. The van der Waals surface area contributed by atoms with Crippen molar-refractivity contribution in [3.8, 4) is 17.2 Å².